The van der Waals surface area contributed by atoms with E-state index in [9.17, 15) is 9.59 Å². The predicted molar refractivity (Wildman–Crippen MR) is 162 cm³/mol. The first kappa shape index (κ1) is 28.2. The van der Waals surface area contributed by atoms with Gasteiger partial charge in [0.2, 0.25) is 0 Å². The molecule has 3 aromatic rings. The van der Waals surface area contributed by atoms with Crippen LogP contribution >= 0.6 is 45.2 Å². The summed E-state index contributed by atoms with van der Waals surface area (Å²) < 4.78 is 13.2. The minimum Gasteiger partial charge on any atom is -0.443 e. The Hall–Kier alpha value is -2.34. The lowest BCUT2D eigenvalue weighted by Crippen LogP contribution is -2.35. The van der Waals surface area contributed by atoms with E-state index in [1.54, 1.807) is 34.1 Å². The van der Waals surface area contributed by atoms with Crippen molar-refractivity contribution < 1.29 is 19.1 Å². The molecule has 0 aliphatic heterocycles. The number of carbonyl (C=O) groups excluding carboxylic acids is 2. The van der Waals surface area contributed by atoms with Gasteiger partial charge in [0, 0.05) is 7.14 Å². The fraction of sp³-hybridized carbons (Fsp3) is 0.286. The Bertz CT molecular complexity index is 1130. The van der Waals surface area contributed by atoms with Gasteiger partial charge < -0.3 is 9.47 Å². The van der Waals surface area contributed by atoms with E-state index in [1.807, 2.05) is 90.1 Å². The Morgan fingerprint density at radius 1 is 0.583 bits per heavy atom. The number of amides is 2. The molecule has 3 rings (SSSR count). The van der Waals surface area contributed by atoms with Crippen molar-refractivity contribution in [2.24, 2.45) is 0 Å². The molecule has 2 amide bonds. The maximum absolute atomic E-state index is 13.3. The van der Waals surface area contributed by atoms with E-state index in [0.29, 0.717) is 22.7 Å². The number of nitrogens with zero attached hydrogens (tertiary/aromatic N) is 2. The van der Waals surface area contributed by atoms with E-state index in [4.69, 9.17) is 9.47 Å². The number of para-hydroxylation sites is 2. The maximum atomic E-state index is 13.3. The molecule has 6 nitrogen and oxygen atoms in total. The minimum atomic E-state index is -0.660. The molecule has 0 fully saturated rings. The van der Waals surface area contributed by atoms with Crippen LogP contribution in [0.5, 0.6) is 0 Å². The highest BCUT2D eigenvalue weighted by Crippen LogP contribution is 2.36. The summed E-state index contributed by atoms with van der Waals surface area (Å²) in [5.74, 6) is 0. The molecule has 0 N–H and O–H groups in total. The summed E-state index contributed by atoms with van der Waals surface area (Å²) >= 11 is 4.41. The van der Waals surface area contributed by atoms with Gasteiger partial charge in [0.1, 0.15) is 11.2 Å². The molecule has 0 saturated heterocycles. The number of rotatable bonds is 4. The molecule has 0 spiro atoms. The molecule has 3 aromatic carbocycles. The molecule has 0 atom stereocenters. The van der Waals surface area contributed by atoms with Crippen molar-refractivity contribution in [3.05, 3.63) is 79.9 Å². The molecule has 36 heavy (non-hydrogen) atoms. The number of hydrogen-bond donors (Lipinski definition) is 0. The quantitative estimate of drug-likeness (QED) is 0.254. The summed E-state index contributed by atoms with van der Waals surface area (Å²) in [6, 6.07) is 22.4. The lowest BCUT2D eigenvalue weighted by atomic mass is 10.2. The first-order chi connectivity index (χ1) is 16.8. The van der Waals surface area contributed by atoms with E-state index < -0.39 is 23.4 Å². The Morgan fingerprint density at radius 3 is 1.17 bits per heavy atom. The zero-order valence-corrected chi connectivity index (χ0v) is 25.5. The topological polar surface area (TPSA) is 59.1 Å². The third-order valence-electron chi connectivity index (χ3n) is 4.70. The number of benzene rings is 3. The van der Waals surface area contributed by atoms with E-state index in [2.05, 4.69) is 45.2 Å². The fourth-order valence-corrected chi connectivity index (χ4v) is 4.57. The number of anilines is 4. The Labute approximate surface area is 240 Å². The van der Waals surface area contributed by atoms with Crippen LogP contribution in [0.4, 0.5) is 32.3 Å². The maximum Gasteiger partial charge on any atom is 0.419 e. The van der Waals surface area contributed by atoms with Crippen LogP contribution in [0.15, 0.2) is 72.8 Å². The summed E-state index contributed by atoms with van der Waals surface area (Å²) in [5, 5.41) is 0. The molecule has 0 unspecified atom stereocenters. The van der Waals surface area contributed by atoms with Gasteiger partial charge in [-0.25, -0.2) is 19.4 Å². The normalized spacial score (nSPS) is 11.6. The van der Waals surface area contributed by atoms with Gasteiger partial charge >= 0.3 is 12.2 Å². The first-order valence-corrected chi connectivity index (χ1v) is 13.6. The van der Waals surface area contributed by atoms with Crippen LogP contribution in [-0.4, -0.2) is 23.4 Å². The lowest BCUT2D eigenvalue weighted by Gasteiger charge is -2.30. The average molecular weight is 712 g/mol. The van der Waals surface area contributed by atoms with Crippen molar-refractivity contribution in [2.45, 2.75) is 52.7 Å². The minimum absolute atomic E-state index is 0.485. The van der Waals surface area contributed by atoms with Crippen LogP contribution in [0.3, 0.4) is 0 Å². The highest BCUT2D eigenvalue weighted by atomic mass is 127. The molecule has 0 aliphatic rings. The summed E-state index contributed by atoms with van der Waals surface area (Å²) in [6.07, 6.45) is -0.970. The zero-order valence-electron chi connectivity index (χ0n) is 21.2. The van der Waals surface area contributed by atoms with Gasteiger partial charge in [-0.15, -0.1) is 0 Å². The van der Waals surface area contributed by atoms with Gasteiger partial charge in [0.25, 0.3) is 0 Å². The van der Waals surface area contributed by atoms with Gasteiger partial charge in [-0.3, -0.25) is 0 Å². The van der Waals surface area contributed by atoms with Gasteiger partial charge in [-0.1, -0.05) is 24.3 Å². The summed E-state index contributed by atoms with van der Waals surface area (Å²) in [5.41, 5.74) is 1.33. The third kappa shape index (κ3) is 7.34. The van der Waals surface area contributed by atoms with E-state index >= 15 is 0 Å². The van der Waals surface area contributed by atoms with Crippen molar-refractivity contribution in [1.82, 2.24) is 0 Å². The summed E-state index contributed by atoms with van der Waals surface area (Å²) in [6.45, 7) is 11.0. The second kappa shape index (κ2) is 11.4. The van der Waals surface area contributed by atoms with E-state index in [0.717, 1.165) is 7.14 Å². The first-order valence-electron chi connectivity index (χ1n) is 11.4. The molecule has 190 valence electrons. The van der Waals surface area contributed by atoms with Crippen LogP contribution < -0.4 is 9.80 Å². The Kier molecular flexibility index (Phi) is 8.92. The van der Waals surface area contributed by atoms with Gasteiger partial charge in [0.15, 0.2) is 0 Å². The molecule has 8 heteroatoms. The van der Waals surface area contributed by atoms with Crippen LogP contribution in [-0.2, 0) is 9.47 Å². The summed E-state index contributed by atoms with van der Waals surface area (Å²) in [7, 11) is 0. The second-order valence-electron chi connectivity index (χ2n) is 10.1. The van der Waals surface area contributed by atoms with Crippen molar-refractivity contribution in [1.29, 1.82) is 0 Å². The number of hydrogen-bond acceptors (Lipinski definition) is 4. The zero-order chi connectivity index (χ0) is 26.7. The largest absolute Gasteiger partial charge is 0.443 e. The Morgan fingerprint density at radius 2 is 0.889 bits per heavy atom. The van der Waals surface area contributed by atoms with Crippen LogP contribution in [0, 0.1) is 7.14 Å². The molecular weight excluding hydrogens is 682 g/mol. The monoisotopic (exact) mass is 712 g/mol. The number of carbonyl (C=O) groups is 2. The smallest absolute Gasteiger partial charge is 0.419 e. The second-order valence-corrected chi connectivity index (χ2v) is 12.4. The van der Waals surface area contributed by atoms with E-state index in [1.165, 1.54) is 0 Å². The van der Waals surface area contributed by atoms with Crippen molar-refractivity contribution >= 4 is 80.1 Å². The SMILES string of the molecule is CC(C)(C)OC(=O)N(c1ccc(N(C(=O)OC(C)(C)C)c2ccccc2I)cc1)c1ccccc1I. The van der Waals surface area contributed by atoms with Crippen LogP contribution in [0.25, 0.3) is 0 Å². The highest BCUT2D eigenvalue weighted by Gasteiger charge is 2.29. The Balaban J connectivity index is 2.07. The van der Waals surface area contributed by atoms with E-state index in [-0.39, 0.29) is 0 Å². The molecule has 0 aliphatic carbocycles. The molecule has 0 heterocycles. The van der Waals surface area contributed by atoms with Crippen molar-refractivity contribution in [2.75, 3.05) is 9.80 Å². The highest BCUT2D eigenvalue weighted by molar-refractivity contribution is 14.1. The van der Waals surface area contributed by atoms with Gasteiger partial charge in [-0.05, 0) is 135 Å². The number of halogens is 2. The fourth-order valence-electron chi connectivity index (χ4n) is 3.32. The summed E-state index contributed by atoms with van der Waals surface area (Å²) in [4.78, 5) is 29.6. The average Bonchev–Trinajstić information content (AvgIpc) is 2.75. The van der Waals surface area contributed by atoms with Crippen molar-refractivity contribution in [3.8, 4) is 0 Å². The standard InChI is InChI=1S/C28H30I2N2O4/c1-27(2,3)35-25(33)31(23-13-9-7-11-21(23)29)19-15-17-20(18-16-19)32(26(34)36-28(4,5)6)24-14-10-8-12-22(24)30/h7-18H,1-6H3. The molecule has 0 bridgehead atoms. The third-order valence-corrected chi connectivity index (χ3v) is 6.53. The predicted octanol–water partition coefficient (Wildman–Crippen LogP) is 9.04. The lowest BCUT2D eigenvalue weighted by molar-refractivity contribution is 0.0587. The van der Waals surface area contributed by atoms with Crippen LogP contribution in [0.2, 0.25) is 0 Å². The molecule has 0 saturated carbocycles. The molecular formula is C28H30I2N2O4. The van der Waals surface area contributed by atoms with Gasteiger partial charge in [0.05, 0.1) is 22.7 Å². The van der Waals surface area contributed by atoms with Crippen LogP contribution in [0.1, 0.15) is 41.5 Å². The number of ether oxygens (including phenoxy) is 2. The van der Waals surface area contributed by atoms with Gasteiger partial charge in [-0.2, -0.15) is 0 Å². The molecule has 0 radical (unpaired) electrons. The van der Waals surface area contributed by atoms with Crippen molar-refractivity contribution in [3.63, 3.8) is 0 Å². The molecule has 0 aromatic heterocycles.